The normalized spacial score (nSPS) is 11.9. The van der Waals surface area contributed by atoms with E-state index in [0.717, 1.165) is 28.4 Å². The number of hydrogen-bond donors (Lipinski definition) is 1. The molecule has 4 nitrogen and oxygen atoms in total. The van der Waals surface area contributed by atoms with Gasteiger partial charge in [-0.3, -0.25) is 0 Å². The summed E-state index contributed by atoms with van der Waals surface area (Å²) in [5.74, 6) is 0.902. The molecule has 0 saturated heterocycles. The van der Waals surface area contributed by atoms with Gasteiger partial charge in [-0.15, -0.1) is 0 Å². The first kappa shape index (κ1) is 13.5. The molecule has 19 heavy (non-hydrogen) atoms. The second-order valence-corrected chi connectivity index (χ2v) is 7.07. The molecule has 0 aliphatic heterocycles. The van der Waals surface area contributed by atoms with Gasteiger partial charge in [-0.1, -0.05) is 12.1 Å². The zero-order chi connectivity index (χ0) is 13.8. The van der Waals surface area contributed by atoms with E-state index in [1.165, 1.54) is 0 Å². The summed E-state index contributed by atoms with van der Waals surface area (Å²) in [6.07, 6.45) is 3.50. The highest BCUT2D eigenvalue weighted by atomic mass is 28.3. The van der Waals surface area contributed by atoms with Crippen LogP contribution < -0.4 is 4.43 Å². The molecular weight excluding hydrogens is 254 g/mol. The second kappa shape index (κ2) is 5.84. The molecule has 5 heteroatoms. The van der Waals surface area contributed by atoms with E-state index in [1.807, 2.05) is 25.3 Å². The summed E-state index contributed by atoms with van der Waals surface area (Å²) in [6, 6.07) is 6.03. The molecule has 0 fully saturated rings. The van der Waals surface area contributed by atoms with Crippen LogP contribution in [0.2, 0.25) is 13.1 Å². The number of aromatic nitrogens is 2. The number of benzene rings is 1. The largest absolute Gasteiger partial charge is 0.545 e. The van der Waals surface area contributed by atoms with Crippen LogP contribution in [0.4, 0.5) is 5.69 Å². The summed E-state index contributed by atoms with van der Waals surface area (Å²) in [6.45, 7) is 8.31. The van der Waals surface area contributed by atoms with Gasteiger partial charge in [-0.05, 0) is 38.6 Å². The molecule has 0 atom stereocenters. The average molecular weight is 273 g/mol. The number of aryl methyl sites for hydroxylation is 1. The van der Waals surface area contributed by atoms with Crippen molar-refractivity contribution in [2.75, 3.05) is 0 Å². The molecule has 0 aliphatic rings. The number of nitrogens with one attached hydrogen (secondary N) is 1. The number of nitrogens with zero attached hydrogens (tertiary/aromatic N) is 2. The fraction of sp³-hybridized carbons (Fsp3) is 0.286. The van der Waals surface area contributed by atoms with Crippen molar-refractivity contribution >= 4 is 20.4 Å². The molecule has 0 spiro atoms. The highest BCUT2D eigenvalue weighted by Gasteiger charge is 2.09. The molecule has 2 rings (SSSR count). The van der Waals surface area contributed by atoms with Crippen LogP contribution in [0.15, 0.2) is 35.7 Å². The van der Waals surface area contributed by atoms with Crippen LogP contribution in [-0.4, -0.2) is 24.7 Å². The van der Waals surface area contributed by atoms with Crippen LogP contribution in [0.25, 0.3) is 0 Å². The number of aliphatic imine (C=N–C) groups is 1. The topological polar surface area (TPSA) is 50.3 Å². The lowest BCUT2D eigenvalue weighted by Gasteiger charge is -2.14. The molecule has 0 aliphatic carbocycles. The first-order valence-electron chi connectivity index (χ1n) is 6.38. The number of aromatic amines is 1. The molecule has 1 aromatic carbocycles. The van der Waals surface area contributed by atoms with E-state index in [9.17, 15) is 0 Å². The maximum atomic E-state index is 6.00. The van der Waals surface area contributed by atoms with Crippen LogP contribution in [0.5, 0.6) is 5.75 Å². The first-order valence-corrected chi connectivity index (χ1v) is 9.16. The van der Waals surface area contributed by atoms with E-state index in [0.29, 0.717) is 0 Å². The van der Waals surface area contributed by atoms with E-state index in [4.69, 9.17) is 4.43 Å². The van der Waals surface area contributed by atoms with Gasteiger partial charge in [0.25, 0.3) is 0 Å². The minimum absolute atomic E-state index is 0.856. The van der Waals surface area contributed by atoms with E-state index in [2.05, 4.69) is 41.0 Å². The van der Waals surface area contributed by atoms with E-state index >= 15 is 0 Å². The summed E-state index contributed by atoms with van der Waals surface area (Å²) in [5.41, 5.74) is 3.73. The monoisotopic (exact) mass is 273 g/mol. The van der Waals surface area contributed by atoms with Crippen molar-refractivity contribution in [3.63, 3.8) is 0 Å². The lowest BCUT2D eigenvalue weighted by molar-refractivity contribution is 0.577. The van der Waals surface area contributed by atoms with Gasteiger partial charge < -0.3 is 9.41 Å². The van der Waals surface area contributed by atoms with Crippen LogP contribution in [0.3, 0.4) is 0 Å². The lowest BCUT2D eigenvalue weighted by Crippen LogP contribution is -2.12. The van der Waals surface area contributed by atoms with Crippen molar-refractivity contribution in [3.05, 3.63) is 42.0 Å². The molecule has 1 aromatic heterocycles. The summed E-state index contributed by atoms with van der Waals surface area (Å²) in [7, 11) is -1.15. The van der Waals surface area contributed by atoms with Gasteiger partial charge in [0.05, 0.1) is 12.0 Å². The SMILES string of the molecule is CC(=Nc1cccc(C)c1O[SiH](C)C)c1c[nH]cn1. The minimum atomic E-state index is -1.15. The van der Waals surface area contributed by atoms with Crippen molar-refractivity contribution in [3.8, 4) is 5.75 Å². The molecule has 2 aromatic rings. The van der Waals surface area contributed by atoms with Crippen molar-refractivity contribution in [1.82, 2.24) is 9.97 Å². The highest BCUT2D eigenvalue weighted by Crippen LogP contribution is 2.32. The summed E-state index contributed by atoms with van der Waals surface area (Å²) in [4.78, 5) is 11.8. The summed E-state index contributed by atoms with van der Waals surface area (Å²) < 4.78 is 6.00. The zero-order valence-corrected chi connectivity index (χ0v) is 12.9. The van der Waals surface area contributed by atoms with Crippen molar-refractivity contribution < 1.29 is 4.43 Å². The van der Waals surface area contributed by atoms with Crippen molar-refractivity contribution in [2.45, 2.75) is 26.9 Å². The van der Waals surface area contributed by atoms with E-state index in [1.54, 1.807) is 6.33 Å². The Morgan fingerprint density at radius 2 is 2.16 bits per heavy atom. The Labute approximate surface area is 115 Å². The Hall–Kier alpha value is -1.88. The average Bonchev–Trinajstić information content (AvgIpc) is 2.87. The fourth-order valence-electron chi connectivity index (χ4n) is 1.81. The molecule has 0 radical (unpaired) electrons. The molecular formula is C14H19N3OSi. The van der Waals surface area contributed by atoms with Crippen molar-refractivity contribution in [2.24, 2.45) is 4.99 Å². The second-order valence-electron chi connectivity index (χ2n) is 4.74. The lowest BCUT2D eigenvalue weighted by atomic mass is 10.2. The van der Waals surface area contributed by atoms with Crippen molar-refractivity contribution in [1.29, 1.82) is 0 Å². The number of H-pyrrole nitrogens is 1. The maximum Gasteiger partial charge on any atom is 0.229 e. The predicted octanol–water partition coefficient (Wildman–Crippen LogP) is 3.22. The van der Waals surface area contributed by atoms with Gasteiger partial charge in [0.15, 0.2) is 0 Å². The van der Waals surface area contributed by atoms with Gasteiger partial charge in [0.1, 0.15) is 17.1 Å². The van der Waals surface area contributed by atoms with Gasteiger partial charge in [-0.25, -0.2) is 9.98 Å². The molecule has 0 amide bonds. The van der Waals surface area contributed by atoms with E-state index < -0.39 is 9.04 Å². The molecule has 0 unspecified atom stereocenters. The molecule has 0 saturated carbocycles. The number of para-hydroxylation sites is 1. The first-order chi connectivity index (χ1) is 9.08. The molecule has 1 heterocycles. The Kier molecular flexibility index (Phi) is 4.16. The van der Waals surface area contributed by atoms with Gasteiger partial charge in [0, 0.05) is 6.20 Å². The van der Waals surface area contributed by atoms with Crippen LogP contribution >= 0.6 is 0 Å². The number of imidazole rings is 1. The summed E-state index contributed by atoms with van der Waals surface area (Å²) in [5, 5.41) is 0. The smallest absolute Gasteiger partial charge is 0.229 e. The molecule has 1 N–H and O–H groups in total. The zero-order valence-electron chi connectivity index (χ0n) is 11.8. The van der Waals surface area contributed by atoms with Gasteiger partial charge >= 0.3 is 0 Å². The Morgan fingerprint density at radius 1 is 1.37 bits per heavy atom. The van der Waals surface area contributed by atoms with Crippen LogP contribution in [0, 0.1) is 6.92 Å². The predicted molar refractivity (Wildman–Crippen MR) is 81.1 cm³/mol. The fourth-order valence-corrected chi connectivity index (χ4v) is 2.59. The number of hydrogen-bond acceptors (Lipinski definition) is 3. The van der Waals surface area contributed by atoms with E-state index in [-0.39, 0.29) is 0 Å². The standard InChI is InChI=1S/C14H19N3OSi/c1-10-6-5-7-12(14(10)18-19(3)4)17-11(2)13-8-15-9-16-13/h5-9,19H,1-4H3,(H,15,16). The molecule has 100 valence electrons. The minimum Gasteiger partial charge on any atom is -0.545 e. The third kappa shape index (κ3) is 3.32. The molecule has 0 bridgehead atoms. The van der Waals surface area contributed by atoms with Crippen LogP contribution in [0.1, 0.15) is 18.2 Å². The quantitative estimate of drug-likeness (QED) is 0.687. The Morgan fingerprint density at radius 3 is 2.79 bits per heavy atom. The summed E-state index contributed by atoms with van der Waals surface area (Å²) >= 11 is 0. The van der Waals surface area contributed by atoms with Gasteiger partial charge in [0.2, 0.25) is 9.04 Å². The van der Waals surface area contributed by atoms with Crippen LogP contribution in [-0.2, 0) is 0 Å². The highest BCUT2D eigenvalue weighted by molar-refractivity contribution is 6.49. The Balaban J connectivity index is 2.39. The third-order valence-corrected chi connectivity index (χ3v) is 3.41. The Bertz CT molecular complexity index is 576. The maximum absolute atomic E-state index is 6.00. The van der Waals surface area contributed by atoms with Gasteiger partial charge in [-0.2, -0.15) is 0 Å². The third-order valence-electron chi connectivity index (χ3n) is 2.70. The number of rotatable bonds is 4.